The summed E-state index contributed by atoms with van der Waals surface area (Å²) in [6.07, 6.45) is 3.23. The fraction of sp³-hybridized carbons (Fsp3) is 0.310. The highest BCUT2D eigenvalue weighted by Gasteiger charge is 2.41. The van der Waals surface area contributed by atoms with Crippen LogP contribution in [0.3, 0.4) is 0 Å². The van der Waals surface area contributed by atoms with Crippen LogP contribution in [0.2, 0.25) is 18.1 Å². The molecule has 4 rings (SSSR count). The van der Waals surface area contributed by atoms with Crippen molar-refractivity contribution in [3.05, 3.63) is 114 Å². The largest absolute Gasteiger partial charge is 0.547 e. The lowest BCUT2D eigenvalue weighted by atomic mass is 9.90. The summed E-state index contributed by atoms with van der Waals surface area (Å²) in [5, 5.41) is 0.162. The number of rotatable bonds is 5. The molecule has 0 fully saturated rings. The molecule has 166 valence electrons. The molecule has 0 amide bonds. The van der Waals surface area contributed by atoms with Crippen LogP contribution in [-0.4, -0.2) is 8.32 Å². The summed E-state index contributed by atoms with van der Waals surface area (Å²) in [6.45, 7) is 11.6. The Morgan fingerprint density at radius 3 is 1.78 bits per heavy atom. The molecule has 0 spiro atoms. The van der Waals surface area contributed by atoms with Crippen LogP contribution in [0.25, 0.3) is 0 Å². The first-order valence-corrected chi connectivity index (χ1v) is 14.5. The summed E-state index contributed by atoms with van der Waals surface area (Å²) in [7, 11) is -1.94. The zero-order valence-corrected chi connectivity index (χ0v) is 21.0. The molecule has 3 aromatic carbocycles. The molecule has 1 heterocycles. The molecule has 0 aliphatic carbocycles. The van der Waals surface area contributed by atoms with Gasteiger partial charge in [-0.1, -0.05) is 99.6 Å². The summed E-state index contributed by atoms with van der Waals surface area (Å²) >= 11 is 0. The number of nitrogens with zero attached hydrogens (tertiary/aromatic N) is 1. The number of anilines is 1. The van der Waals surface area contributed by atoms with Crippen molar-refractivity contribution in [1.82, 2.24) is 0 Å². The van der Waals surface area contributed by atoms with Crippen LogP contribution in [0, 0.1) is 0 Å². The molecule has 0 unspecified atom stereocenters. The Morgan fingerprint density at radius 2 is 1.25 bits per heavy atom. The number of para-hydroxylation sites is 1. The number of hydrogen-bond acceptors (Lipinski definition) is 2. The lowest BCUT2D eigenvalue weighted by Crippen LogP contribution is -2.43. The maximum absolute atomic E-state index is 6.90. The van der Waals surface area contributed by atoms with E-state index in [0.29, 0.717) is 0 Å². The Kier molecular flexibility index (Phi) is 6.30. The third kappa shape index (κ3) is 4.68. The van der Waals surface area contributed by atoms with E-state index in [2.05, 4.69) is 136 Å². The van der Waals surface area contributed by atoms with Crippen LogP contribution in [0.15, 0.2) is 103 Å². The lowest BCUT2D eigenvalue weighted by Gasteiger charge is -2.45. The summed E-state index contributed by atoms with van der Waals surface area (Å²) in [6, 6.07) is 32.8. The molecule has 0 saturated carbocycles. The van der Waals surface area contributed by atoms with E-state index in [1.807, 2.05) is 0 Å². The Hall–Kier alpha value is -2.78. The SMILES string of the molecule is CC(C)(C)[Si](C)(C)OC1=C[C@H](c2ccccc2)N(c2ccccc2)[C@H](c2ccccc2)C1. The molecule has 0 radical (unpaired) electrons. The second kappa shape index (κ2) is 8.99. The zero-order valence-electron chi connectivity index (χ0n) is 20.0. The number of hydrogen-bond donors (Lipinski definition) is 0. The van der Waals surface area contributed by atoms with Crippen LogP contribution in [0.1, 0.15) is 50.4 Å². The summed E-state index contributed by atoms with van der Waals surface area (Å²) in [5.41, 5.74) is 3.84. The lowest BCUT2D eigenvalue weighted by molar-refractivity contribution is 0.333. The number of benzene rings is 3. The van der Waals surface area contributed by atoms with E-state index in [4.69, 9.17) is 4.43 Å². The first-order chi connectivity index (χ1) is 15.3. The van der Waals surface area contributed by atoms with Crippen LogP contribution < -0.4 is 4.90 Å². The van der Waals surface area contributed by atoms with Gasteiger partial charge in [0, 0.05) is 12.1 Å². The Bertz CT molecular complexity index is 1040. The molecule has 2 nitrogen and oxygen atoms in total. The highest BCUT2D eigenvalue weighted by atomic mass is 28.4. The molecule has 1 aliphatic heterocycles. The van der Waals surface area contributed by atoms with Crippen LogP contribution in [0.4, 0.5) is 5.69 Å². The Balaban J connectivity index is 1.85. The first kappa shape index (κ1) is 22.4. The van der Waals surface area contributed by atoms with Gasteiger partial charge in [-0.15, -0.1) is 0 Å². The second-order valence-corrected chi connectivity index (χ2v) is 14.9. The fourth-order valence-corrected chi connectivity index (χ4v) is 5.28. The standard InChI is InChI=1S/C29H35NOSi/c1-29(2,3)32(4,5)31-26-21-27(23-15-9-6-10-16-23)30(25-19-13-8-14-20-25)28(22-26)24-17-11-7-12-18-24/h6-21,27-28H,22H2,1-5H3/t27-,28+/m1/s1. The van der Waals surface area contributed by atoms with E-state index in [0.717, 1.165) is 12.2 Å². The minimum atomic E-state index is -1.94. The summed E-state index contributed by atoms with van der Waals surface area (Å²) in [5.74, 6) is 1.13. The predicted octanol–water partition coefficient (Wildman–Crippen LogP) is 8.29. The quantitative estimate of drug-likeness (QED) is 0.369. The van der Waals surface area contributed by atoms with Crippen molar-refractivity contribution in [2.45, 2.75) is 57.4 Å². The Morgan fingerprint density at radius 1 is 0.750 bits per heavy atom. The van der Waals surface area contributed by atoms with Crippen molar-refractivity contribution < 1.29 is 4.43 Å². The van der Waals surface area contributed by atoms with E-state index in [1.165, 1.54) is 16.8 Å². The zero-order chi connectivity index (χ0) is 22.8. The van der Waals surface area contributed by atoms with Gasteiger partial charge in [0.2, 0.25) is 8.32 Å². The average molecular weight is 442 g/mol. The van der Waals surface area contributed by atoms with Crippen LogP contribution in [0.5, 0.6) is 0 Å². The van der Waals surface area contributed by atoms with Gasteiger partial charge in [-0.2, -0.15) is 0 Å². The highest BCUT2D eigenvalue weighted by molar-refractivity contribution is 6.74. The van der Waals surface area contributed by atoms with E-state index in [1.54, 1.807) is 0 Å². The summed E-state index contributed by atoms with van der Waals surface area (Å²) < 4.78 is 6.90. The molecule has 3 aromatic rings. The van der Waals surface area contributed by atoms with Gasteiger partial charge in [-0.3, -0.25) is 0 Å². The van der Waals surface area contributed by atoms with Gasteiger partial charge in [0.25, 0.3) is 0 Å². The third-order valence-corrected chi connectivity index (χ3v) is 11.3. The van der Waals surface area contributed by atoms with Gasteiger partial charge in [0.15, 0.2) is 0 Å². The van der Waals surface area contributed by atoms with Crippen molar-refractivity contribution in [3.8, 4) is 0 Å². The molecule has 0 bridgehead atoms. The van der Waals surface area contributed by atoms with Crippen molar-refractivity contribution in [1.29, 1.82) is 0 Å². The molecule has 1 aliphatic rings. The smallest absolute Gasteiger partial charge is 0.250 e. The van der Waals surface area contributed by atoms with Crippen LogP contribution in [-0.2, 0) is 4.43 Å². The van der Waals surface area contributed by atoms with Gasteiger partial charge < -0.3 is 9.33 Å². The topological polar surface area (TPSA) is 12.5 Å². The fourth-order valence-electron chi connectivity index (χ4n) is 4.17. The average Bonchev–Trinajstić information content (AvgIpc) is 2.79. The van der Waals surface area contributed by atoms with Crippen molar-refractivity contribution >= 4 is 14.0 Å². The van der Waals surface area contributed by atoms with E-state index in [-0.39, 0.29) is 17.1 Å². The predicted molar refractivity (Wildman–Crippen MR) is 138 cm³/mol. The summed E-state index contributed by atoms with van der Waals surface area (Å²) in [4.78, 5) is 2.56. The van der Waals surface area contributed by atoms with E-state index >= 15 is 0 Å². The molecule has 0 N–H and O–H groups in total. The van der Waals surface area contributed by atoms with Gasteiger partial charge in [-0.25, -0.2) is 0 Å². The monoisotopic (exact) mass is 441 g/mol. The molecule has 3 heteroatoms. The molecular formula is C29H35NOSi. The molecule has 0 saturated heterocycles. The molecular weight excluding hydrogens is 406 g/mol. The van der Waals surface area contributed by atoms with Gasteiger partial charge in [-0.05, 0) is 47.5 Å². The maximum atomic E-state index is 6.90. The first-order valence-electron chi connectivity index (χ1n) is 11.6. The van der Waals surface area contributed by atoms with Gasteiger partial charge in [0.1, 0.15) is 0 Å². The second-order valence-electron chi connectivity index (χ2n) is 10.2. The van der Waals surface area contributed by atoms with Gasteiger partial charge >= 0.3 is 0 Å². The van der Waals surface area contributed by atoms with Crippen molar-refractivity contribution in [3.63, 3.8) is 0 Å². The normalized spacial score (nSPS) is 19.4. The Labute approximate surface area is 194 Å². The van der Waals surface area contributed by atoms with Crippen LogP contribution >= 0.6 is 0 Å². The van der Waals surface area contributed by atoms with E-state index < -0.39 is 8.32 Å². The van der Waals surface area contributed by atoms with E-state index in [9.17, 15) is 0 Å². The third-order valence-electron chi connectivity index (χ3n) is 6.95. The van der Waals surface area contributed by atoms with Crippen molar-refractivity contribution in [2.24, 2.45) is 0 Å². The molecule has 32 heavy (non-hydrogen) atoms. The molecule has 2 atom stereocenters. The van der Waals surface area contributed by atoms with Gasteiger partial charge in [0.05, 0.1) is 17.8 Å². The minimum absolute atomic E-state index is 0.109. The maximum Gasteiger partial charge on any atom is 0.250 e. The highest BCUT2D eigenvalue weighted by Crippen LogP contribution is 2.46. The van der Waals surface area contributed by atoms with Crippen molar-refractivity contribution in [2.75, 3.05) is 4.90 Å². The minimum Gasteiger partial charge on any atom is -0.547 e. The molecule has 0 aromatic heterocycles.